The molecule has 0 spiro atoms. The van der Waals surface area contributed by atoms with Crippen LogP contribution in [0.1, 0.15) is 23.2 Å². The number of hydrogen-bond acceptors (Lipinski definition) is 3. The average Bonchev–Trinajstić information content (AvgIpc) is 2.79. The van der Waals surface area contributed by atoms with Gasteiger partial charge in [-0.25, -0.2) is 8.42 Å². The Kier molecular flexibility index (Phi) is 1.99. The van der Waals surface area contributed by atoms with Crippen molar-refractivity contribution in [2.45, 2.75) is 12.8 Å². The maximum atomic E-state index is 11.5. The number of nitrogens with zero attached hydrogens (tertiary/aromatic N) is 1. The third kappa shape index (κ3) is 1.72. The highest BCUT2D eigenvalue weighted by Crippen LogP contribution is 2.32. The predicted molar refractivity (Wildman–Crippen MR) is 51.7 cm³/mol. The van der Waals surface area contributed by atoms with Crippen molar-refractivity contribution >= 4 is 15.8 Å². The quantitative estimate of drug-likeness (QED) is 0.700. The Morgan fingerprint density at radius 2 is 2.14 bits per heavy atom. The van der Waals surface area contributed by atoms with Crippen LogP contribution in [0.4, 0.5) is 0 Å². The highest BCUT2D eigenvalue weighted by atomic mass is 32.2. The van der Waals surface area contributed by atoms with Crippen molar-refractivity contribution < 1.29 is 13.2 Å². The Labute approximate surface area is 82.6 Å². The molecule has 2 rings (SSSR count). The van der Waals surface area contributed by atoms with Crippen LogP contribution in [0.3, 0.4) is 0 Å². The molecule has 1 fully saturated rings. The van der Waals surface area contributed by atoms with Gasteiger partial charge in [0.05, 0.1) is 6.26 Å². The van der Waals surface area contributed by atoms with Gasteiger partial charge in [-0.05, 0) is 18.9 Å². The first-order chi connectivity index (χ1) is 6.48. The predicted octanol–water partition coefficient (Wildman–Crippen LogP) is 0.888. The number of carbonyl (C=O) groups is 1. The molecule has 1 aliphatic rings. The number of rotatable bonds is 3. The monoisotopic (exact) mass is 213 g/mol. The van der Waals surface area contributed by atoms with Crippen LogP contribution in [0.5, 0.6) is 0 Å². The zero-order valence-corrected chi connectivity index (χ0v) is 8.62. The van der Waals surface area contributed by atoms with Crippen molar-refractivity contribution in [3.05, 3.63) is 24.0 Å². The van der Waals surface area contributed by atoms with Gasteiger partial charge in [-0.15, -0.1) is 0 Å². The summed E-state index contributed by atoms with van der Waals surface area (Å²) in [6.45, 7) is 0. The Morgan fingerprint density at radius 3 is 2.57 bits per heavy atom. The van der Waals surface area contributed by atoms with Gasteiger partial charge >= 0.3 is 0 Å². The van der Waals surface area contributed by atoms with Crippen LogP contribution in [0, 0.1) is 5.92 Å². The fourth-order valence-corrected chi connectivity index (χ4v) is 1.90. The minimum Gasteiger partial charge on any atom is -0.294 e. The smallest absolute Gasteiger partial charge is 0.235 e. The van der Waals surface area contributed by atoms with E-state index in [9.17, 15) is 13.2 Å². The molecule has 1 aromatic rings. The molecule has 5 heteroatoms. The van der Waals surface area contributed by atoms with Crippen LogP contribution in [-0.4, -0.2) is 24.4 Å². The maximum Gasteiger partial charge on any atom is 0.235 e. The van der Waals surface area contributed by atoms with Crippen molar-refractivity contribution in [3.63, 3.8) is 0 Å². The van der Waals surface area contributed by atoms with Gasteiger partial charge in [-0.1, -0.05) is 0 Å². The molecule has 0 saturated heterocycles. The van der Waals surface area contributed by atoms with E-state index in [0.29, 0.717) is 5.56 Å². The first kappa shape index (κ1) is 9.45. The molecule has 0 N–H and O–H groups in total. The average molecular weight is 213 g/mol. The lowest BCUT2D eigenvalue weighted by Gasteiger charge is -1.96. The fraction of sp³-hybridized carbons (Fsp3) is 0.444. The van der Waals surface area contributed by atoms with E-state index in [1.165, 1.54) is 12.4 Å². The minimum absolute atomic E-state index is 0.0624. The van der Waals surface area contributed by atoms with E-state index in [0.717, 1.165) is 23.1 Å². The molecule has 1 saturated carbocycles. The van der Waals surface area contributed by atoms with Crippen molar-refractivity contribution in [1.29, 1.82) is 0 Å². The van der Waals surface area contributed by atoms with Crippen molar-refractivity contribution in [2.24, 2.45) is 5.92 Å². The summed E-state index contributed by atoms with van der Waals surface area (Å²) in [5.74, 6) is 0.192. The zero-order chi connectivity index (χ0) is 10.3. The second-order valence-corrected chi connectivity index (χ2v) is 5.52. The second-order valence-electron chi connectivity index (χ2n) is 3.63. The number of aromatic nitrogens is 1. The number of hydrogen-bond donors (Lipinski definition) is 0. The van der Waals surface area contributed by atoms with Gasteiger partial charge in [0.1, 0.15) is 0 Å². The third-order valence-corrected chi connectivity index (χ3v) is 3.28. The van der Waals surface area contributed by atoms with E-state index in [4.69, 9.17) is 0 Å². The Balaban J connectivity index is 2.29. The van der Waals surface area contributed by atoms with E-state index < -0.39 is 10.0 Å². The summed E-state index contributed by atoms with van der Waals surface area (Å²) in [4.78, 5) is 11.5. The van der Waals surface area contributed by atoms with Gasteiger partial charge in [-0.3, -0.25) is 8.77 Å². The van der Waals surface area contributed by atoms with Gasteiger partial charge in [0.15, 0.2) is 5.78 Å². The number of Topliss-reactive ketones (excluding diaryl/α,β-unsaturated/α-hetero) is 1. The molecule has 14 heavy (non-hydrogen) atoms. The van der Waals surface area contributed by atoms with E-state index in [2.05, 4.69) is 0 Å². The summed E-state index contributed by atoms with van der Waals surface area (Å²) in [5, 5.41) is 0. The molecule has 1 heterocycles. The maximum absolute atomic E-state index is 11.5. The lowest BCUT2D eigenvalue weighted by molar-refractivity contribution is 0.0968. The van der Waals surface area contributed by atoms with Crippen molar-refractivity contribution in [2.75, 3.05) is 6.26 Å². The van der Waals surface area contributed by atoms with E-state index in [1.54, 1.807) is 6.07 Å². The lowest BCUT2D eigenvalue weighted by atomic mass is 10.1. The first-order valence-electron chi connectivity index (χ1n) is 4.41. The molecule has 4 nitrogen and oxygen atoms in total. The van der Waals surface area contributed by atoms with Gasteiger partial charge in [0.25, 0.3) is 0 Å². The summed E-state index contributed by atoms with van der Waals surface area (Å²) >= 11 is 0. The van der Waals surface area contributed by atoms with Crippen LogP contribution >= 0.6 is 0 Å². The molecular weight excluding hydrogens is 202 g/mol. The summed E-state index contributed by atoms with van der Waals surface area (Å²) in [6.07, 6.45) is 5.77. The SMILES string of the molecule is CS(=O)(=O)n1ccc(C(=O)C2CC2)c1. The normalized spacial score (nSPS) is 16.9. The van der Waals surface area contributed by atoms with Crippen LogP contribution in [0.15, 0.2) is 18.5 Å². The standard InChI is InChI=1S/C9H11NO3S/c1-14(12,13)10-5-4-8(6-10)9(11)7-2-3-7/h4-7H,2-3H2,1H3. The summed E-state index contributed by atoms with van der Waals surface area (Å²) < 4.78 is 23.3. The third-order valence-electron chi connectivity index (χ3n) is 2.28. The number of ketones is 1. The highest BCUT2D eigenvalue weighted by molar-refractivity contribution is 7.89. The Morgan fingerprint density at radius 1 is 1.50 bits per heavy atom. The van der Waals surface area contributed by atoms with Crippen LogP contribution in [-0.2, 0) is 10.0 Å². The lowest BCUT2D eigenvalue weighted by Crippen LogP contribution is -2.07. The van der Waals surface area contributed by atoms with Crippen LogP contribution in [0.2, 0.25) is 0 Å². The molecule has 0 aromatic carbocycles. The van der Waals surface area contributed by atoms with Crippen LogP contribution < -0.4 is 0 Å². The molecule has 1 aromatic heterocycles. The molecule has 0 atom stereocenters. The molecule has 0 amide bonds. The number of carbonyl (C=O) groups excluding carboxylic acids is 1. The van der Waals surface area contributed by atoms with Crippen LogP contribution in [0.25, 0.3) is 0 Å². The van der Waals surface area contributed by atoms with Crippen molar-refractivity contribution in [1.82, 2.24) is 3.97 Å². The van der Waals surface area contributed by atoms with Crippen molar-refractivity contribution in [3.8, 4) is 0 Å². The Hall–Kier alpha value is -1.10. The van der Waals surface area contributed by atoms with E-state index in [-0.39, 0.29) is 11.7 Å². The molecule has 0 radical (unpaired) electrons. The molecular formula is C9H11NO3S. The molecule has 0 aliphatic heterocycles. The topological polar surface area (TPSA) is 56.1 Å². The molecule has 1 aliphatic carbocycles. The van der Waals surface area contributed by atoms with Gasteiger partial charge < -0.3 is 0 Å². The molecule has 76 valence electrons. The second kappa shape index (κ2) is 2.95. The largest absolute Gasteiger partial charge is 0.294 e. The van der Waals surface area contributed by atoms with Gasteiger partial charge in [-0.2, -0.15) is 0 Å². The summed E-state index contributed by atoms with van der Waals surface area (Å²) in [6, 6.07) is 1.56. The first-order valence-corrected chi connectivity index (χ1v) is 6.26. The van der Waals surface area contributed by atoms with Gasteiger partial charge in [0.2, 0.25) is 10.0 Å². The summed E-state index contributed by atoms with van der Waals surface area (Å²) in [5.41, 5.74) is 0.498. The summed E-state index contributed by atoms with van der Waals surface area (Å²) in [7, 11) is -3.26. The zero-order valence-electron chi connectivity index (χ0n) is 7.80. The fourth-order valence-electron chi connectivity index (χ4n) is 1.31. The minimum atomic E-state index is -3.26. The van der Waals surface area contributed by atoms with Gasteiger partial charge in [0, 0.05) is 23.9 Å². The Bertz CT molecular complexity index is 468. The van der Waals surface area contributed by atoms with E-state index in [1.807, 2.05) is 0 Å². The molecule has 0 bridgehead atoms. The highest BCUT2D eigenvalue weighted by Gasteiger charge is 2.31. The van der Waals surface area contributed by atoms with E-state index >= 15 is 0 Å². The molecule has 0 unspecified atom stereocenters.